The molecule has 0 spiro atoms. The Hall–Kier alpha value is -4.66. The van der Waals surface area contributed by atoms with E-state index in [9.17, 15) is 9.59 Å². The Labute approximate surface area is 215 Å². The first kappa shape index (κ1) is 25.4. The van der Waals surface area contributed by atoms with Crippen LogP contribution in [0, 0.1) is 0 Å². The number of amides is 2. The van der Waals surface area contributed by atoms with Gasteiger partial charge in [0.15, 0.2) is 5.96 Å². The van der Waals surface area contributed by atoms with Crippen LogP contribution in [-0.4, -0.2) is 40.3 Å². The molecule has 0 radical (unpaired) electrons. The highest BCUT2D eigenvalue weighted by Crippen LogP contribution is 2.25. The lowest BCUT2D eigenvalue weighted by Gasteiger charge is -2.23. The topological polar surface area (TPSA) is 151 Å². The van der Waals surface area contributed by atoms with E-state index in [1.807, 2.05) is 78.9 Å². The average Bonchev–Trinajstić information content (AvgIpc) is 3.38. The molecule has 0 saturated carbocycles. The highest BCUT2D eigenvalue weighted by molar-refractivity contribution is 5.92. The minimum absolute atomic E-state index is 0.00699. The van der Waals surface area contributed by atoms with Gasteiger partial charge >= 0.3 is 0 Å². The van der Waals surface area contributed by atoms with E-state index in [1.54, 1.807) is 6.33 Å². The number of aromatic amines is 1. The summed E-state index contributed by atoms with van der Waals surface area (Å²) in [6, 6.07) is 24.0. The van der Waals surface area contributed by atoms with Crippen molar-refractivity contribution in [2.45, 2.75) is 31.3 Å². The molecule has 1 aromatic heterocycles. The fourth-order valence-electron chi connectivity index (χ4n) is 4.22. The molecule has 37 heavy (non-hydrogen) atoms. The SMILES string of the molecule is NC(N)=NCCCC(NC(=O)C(c1ccccc1)c1ccccc1)C(=O)NCc1ccc2nc[nH]c2c1. The number of nitrogens with zero attached hydrogens (tertiary/aromatic N) is 2. The van der Waals surface area contributed by atoms with Gasteiger partial charge in [0.25, 0.3) is 0 Å². The fraction of sp³-hybridized carbons (Fsp3) is 0.214. The molecule has 0 bridgehead atoms. The maximum Gasteiger partial charge on any atom is 0.242 e. The van der Waals surface area contributed by atoms with Gasteiger partial charge in [-0.25, -0.2) is 4.98 Å². The Balaban J connectivity index is 1.50. The number of aromatic nitrogens is 2. The Morgan fingerprint density at radius 2 is 1.59 bits per heavy atom. The Morgan fingerprint density at radius 1 is 0.919 bits per heavy atom. The van der Waals surface area contributed by atoms with Gasteiger partial charge in [-0.15, -0.1) is 0 Å². The lowest BCUT2D eigenvalue weighted by molar-refractivity contribution is -0.129. The molecular weight excluding hydrogens is 466 g/mol. The van der Waals surface area contributed by atoms with E-state index in [0.29, 0.717) is 25.9 Å². The first-order valence-electron chi connectivity index (χ1n) is 12.2. The smallest absolute Gasteiger partial charge is 0.242 e. The van der Waals surface area contributed by atoms with Crippen LogP contribution < -0.4 is 22.1 Å². The molecule has 7 N–H and O–H groups in total. The van der Waals surface area contributed by atoms with Crippen molar-refractivity contribution in [3.63, 3.8) is 0 Å². The molecule has 9 heteroatoms. The van der Waals surface area contributed by atoms with Crippen molar-refractivity contribution in [2.75, 3.05) is 6.54 Å². The summed E-state index contributed by atoms with van der Waals surface area (Å²) in [5, 5.41) is 5.94. The van der Waals surface area contributed by atoms with Crippen LogP contribution in [0.15, 0.2) is 90.2 Å². The number of H-pyrrole nitrogens is 1. The summed E-state index contributed by atoms with van der Waals surface area (Å²) in [6.07, 6.45) is 2.53. The number of imidazole rings is 1. The molecular formula is C28H31N7O2. The monoisotopic (exact) mass is 497 g/mol. The van der Waals surface area contributed by atoms with Crippen molar-refractivity contribution in [1.29, 1.82) is 0 Å². The first-order chi connectivity index (χ1) is 18.0. The maximum atomic E-state index is 13.6. The molecule has 0 fully saturated rings. The largest absolute Gasteiger partial charge is 0.370 e. The number of hydrogen-bond acceptors (Lipinski definition) is 4. The van der Waals surface area contributed by atoms with Crippen molar-refractivity contribution >= 4 is 28.8 Å². The second-order valence-corrected chi connectivity index (χ2v) is 8.74. The van der Waals surface area contributed by atoms with Gasteiger partial charge in [0.05, 0.1) is 23.3 Å². The van der Waals surface area contributed by atoms with Crippen LogP contribution >= 0.6 is 0 Å². The molecule has 0 saturated heterocycles. The van der Waals surface area contributed by atoms with Gasteiger partial charge in [-0.3, -0.25) is 14.6 Å². The van der Waals surface area contributed by atoms with Crippen molar-refractivity contribution < 1.29 is 9.59 Å². The number of rotatable bonds is 11. The van der Waals surface area contributed by atoms with Gasteiger partial charge in [0.1, 0.15) is 6.04 Å². The molecule has 4 aromatic rings. The van der Waals surface area contributed by atoms with Gasteiger partial charge in [-0.1, -0.05) is 66.7 Å². The van der Waals surface area contributed by atoms with Crippen LogP contribution in [-0.2, 0) is 16.1 Å². The number of fused-ring (bicyclic) bond motifs is 1. The molecule has 1 heterocycles. The van der Waals surface area contributed by atoms with E-state index >= 15 is 0 Å². The molecule has 0 aliphatic rings. The molecule has 1 unspecified atom stereocenters. The van der Waals surface area contributed by atoms with E-state index in [4.69, 9.17) is 11.5 Å². The summed E-state index contributed by atoms with van der Waals surface area (Å²) in [7, 11) is 0. The number of benzene rings is 3. The standard InChI is InChI=1S/C28H31N7O2/c29-28(30)31-15-7-12-23(26(36)32-17-19-13-14-22-24(16-19)34-18-33-22)35-27(37)25(20-8-3-1-4-9-20)21-10-5-2-6-11-21/h1-6,8-11,13-14,16,18,23,25H,7,12,15,17H2,(H,32,36)(H,33,34)(H,35,37)(H4,29,30,31). The summed E-state index contributed by atoms with van der Waals surface area (Å²) in [5.41, 5.74) is 15.2. The molecule has 2 amide bonds. The Morgan fingerprint density at radius 3 is 2.24 bits per heavy atom. The second-order valence-electron chi connectivity index (χ2n) is 8.74. The lowest BCUT2D eigenvalue weighted by Crippen LogP contribution is -2.48. The van der Waals surface area contributed by atoms with Crippen molar-refractivity contribution in [2.24, 2.45) is 16.5 Å². The number of nitrogens with one attached hydrogen (secondary N) is 3. The summed E-state index contributed by atoms with van der Waals surface area (Å²) in [4.78, 5) is 38.2. The molecule has 0 aliphatic heterocycles. The molecule has 4 rings (SSSR count). The van der Waals surface area contributed by atoms with E-state index in [0.717, 1.165) is 27.7 Å². The molecule has 9 nitrogen and oxygen atoms in total. The zero-order chi connectivity index (χ0) is 26.0. The Kier molecular flexibility index (Phi) is 8.49. The third-order valence-corrected chi connectivity index (χ3v) is 6.06. The number of nitrogens with two attached hydrogens (primary N) is 2. The molecule has 1 atom stereocenters. The molecule has 190 valence electrons. The molecule has 3 aromatic carbocycles. The zero-order valence-electron chi connectivity index (χ0n) is 20.4. The zero-order valence-corrected chi connectivity index (χ0v) is 20.4. The van der Waals surface area contributed by atoms with E-state index in [1.165, 1.54) is 0 Å². The summed E-state index contributed by atoms with van der Waals surface area (Å²) < 4.78 is 0. The van der Waals surface area contributed by atoms with Gasteiger partial charge in [0, 0.05) is 13.1 Å². The van der Waals surface area contributed by atoms with E-state index in [2.05, 4.69) is 25.6 Å². The van der Waals surface area contributed by atoms with Crippen molar-refractivity contribution in [3.05, 3.63) is 102 Å². The number of aliphatic imine (C=N–C) groups is 1. The number of hydrogen-bond donors (Lipinski definition) is 5. The summed E-state index contributed by atoms with van der Waals surface area (Å²) in [6.45, 7) is 0.675. The number of carbonyl (C=O) groups excluding carboxylic acids is 2. The quantitative estimate of drug-likeness (QED) is 0.123. The molecule has 0 aliphatic carbocycles. The maximum absolute atomic E-state index is 13.6. The average molecular weight is 498 g/mol. The highest BCUT2D eigenvalue weighted by Gasteiger charge is 2.27. The van der Waals surface area contributed by atoms with Crippen LogP contribution in [0.2, 0.25) is 0 Å². The van der Waals surface area contributed by atoms with Crippen molar-refractivity contribution in [1.82, 2.24) is 20.6 Å². The van der Waals surface area contributed by atoms with E-state index < -0.39 is 12.0 Å². The summed E-state index contributed by atoms with van der Waals surface area (Å²) >= 11 is 0. The van der Waals surface area contributed by atoms with E-state index in [-0.39, 0.29) is 17.8 Å². The predicted molar refractivity (Wildman–Crippen MR) is 145 cm³/mol. The van der Waals surface area contributed by atoms with Crippen LogP contribution in [0.4, 0.5) is 0 Å². The predicted octanol–water partition coefficient (Wildman–Crippen LogP) is 2.55. The second kappa shape index (κ2) is 12.3. The summed E-state index contributed by atoms with van der Waals surface area (Å²) in [5.74, 6) is -1.09. The number of carbonyl (C=O) groups is 2. The Bertz CT molecular complexity index is 1310. The van der Waals surface area contributed by atoms with Gasteiger partial charge in [-0.2, -0.15) is 0 Å². The van der Waals surface area contributed by atoms with Crippen molar-refractivity contribution in [3.8, 4) is 0 Å². The van der Waals surface area contributed by atoms with Crippen LogP contribution in [0.5, 0.6) is 0 Å². The third-order valence-electron chi connectivity index (χ3n) is 6.06. The minimum atomic E-state index is -0.757. The number of guanidine groups is 1. The van der Waals surface area contributed by atoms with Crippen LogP contribution in [0.25, 0.3) is 11.0 Å². The first-order valence-corrected chi connectivity index (χ1v) is 12.2. The fourth-order valence-corrected chi connectivity index (χ4v) is 4.22. The lowest BCUT2D eigenvalue weighted by atomic mass is 9.90. The minimum Gasteiger partial charge on any atom is -0.370 e. The van der Waals surface area contributed by atoms with Gasteiger partial charge < -0.3 is 27.1 Å². The van der Waals surface area contributed by atoms with Gasteiger partial charge in [0.2, 0.25) is 11.8 Å². The van der Waals surface area contributed by atoms with Gasteiger partial charge in [-0.05, 0) is 41.7 Å². The normalized spacial score (nSPS) is 11.7. The third kappa shape index (κ3) is 6.94. The van der Waals surface area contributed by atoms with Crippen LogP contribution in [0.1, 0.15) is 35.4 Å². The highest BCUT2D eigenvalue weighted by atomic mass is 16.2. The van der Waals surface area contributed by atoms with Crippen LogP contribution in [0.3, 0.4) is 0 Å².